The van der Waals surface area contributed by atoms with Crippen LogP contribution >= 0.6 is 11.6 Å². The molecule has 212 valence electrons. The number of phenols is 1. The number of imide groups is 4. The fourth-order valence-electron chi connectivity index (χ4n) is 7.39. The zero-order valence-electron chi connectivity index (χ0n) is 22.0. The molecule has 0 spiro atoms. The van der Waals surface area contributed by atoms with Crippen molar-refractivity contribution in [2.45, 2.75) is 25.7 Å². The largest absolute Gasteiger partial charge is 0.508 e. The second kappa shape index (κ2) is 9.13. The Morgan fingerprint density at radius 2 is 1.83 bits per heavy atom. The van der Waals surface area contributed by atoms with Gasteiger partial charge < -0.3 is 15.6 Å². The number of urea groups is 1. The van der Waals surface area contributed by atoms with Crippen LogP contribution in [0.1, 0.15) is 31.2 Å². The standard InChI is InChI=1S/C29H25ClFN3O7/c1-29-18(25(37)33(27(29)39)12-3-8-20(31)19(30)9-12)11-17-14(23(29)15-5-4-13(35)10-21(15)41-2)6-7-16-22(17)26(38)34(24(16)36)28(32)40/h3-6,8-10,16-18,22-23,35H,7,11H2,1-2H3,(H2,32,40)/t16-,17+,18-,22-,23+,29+/m0/s1. The van der Waals surface area contributed by atoms with E-state index in [0.29, 0.717) is 16.0 Å². The predicted octanol–water partition coefficient (Wildman–Crippen LogP) is 3.50. The first-order chi connectivity index (χ1) is 19.4. The number of benzene rings is 2. The van der Waals surface area contributed by atoms with Gasteiger partial charge in [0.15, 0.2) is 0 Å². The summed E-state index contributed by atoms with van der Waals surface area (Å²) >= 11 is 6.00. The number of nitrogens with zero attached hydrogens (tertiary/aromatic N) is 2. The number of nitrogens with two attached hydrogens (primary N) is 1. The summed E-state index contributed by atoms with van der Waals surface area (Å²) in [5.41, 5.74) is 5.22. The zero-order chi connectivity index (χ0) is 29.5. The lowest BCUT2D eigenvalue weighted by molar-refractivity contribution is -0.136. The van der Waals surface area contributed by atoms with Gasteiger partial charge in [-0.15, -0.1) is 0 Å². The molecule has 2 heterocycles. The number of aromatic hydroxyl groups is 1. The molecule has 3 N–H and O–H groups in total. The molecule has 2 aromatic rings. The number of methoxy groups -OCH3 is 1. The number of amides is 6. The summed E-state index contributed by atoms with van der Waals surface area (Å²) < 4.78 is 19.6. The van der Waals surface area contributed by atoms with Crippen LogP contribution in [0.2, 0.25) is 5.02 Å². The summed E-state index contributed by atoms with van der Waals surface area (Å²) in [4.78, 5) is 68.3. The normalized spacial score (nSPS) is 30.6. The van der Waals surface area contributed by atoms with Gasteiger partial charge in [0.2, 0.25) is 23.6 Å². The van der Waals surface area contributed by atoms with Crippen LogP contribution in [0, 0.1) is 34.9 Å². The highest BCUT2D eigenvalue weighted by Crippen LogP contribution is 2.64. The van der Waals surface area contributed by atoms with Gasteiger partial charge in [0.05, 0.1) is 41.0 Å². The molecule has 6 atom stereocenters. The predicted molar refractivity (Wildman–Crippen MR) is 142 cm³/mol. The minimum atomic E-state index is -1.40. The van der Waals surface area contributed by atoms with E-state index in [-0.39, 0.29) is 35.1 Å². The summed E-state index contributed by atoms with van der Waals surface area (Å²) in [6.07, 6.45) is 1.97. The van der Waals surface area contributed by atoms with Crippen molar-refractivity contribution in [3.05, 3.63) is 64.5 Å². The van der Waals surface area contributed by atoms with Crippen molar-refractivity contribution >= 4 is 46.9 Å². The number of primary amides is 1. The van der Waals surface area contributed by atoms with Crippen LogP contribution in [0.5, 0.6) is 11.5 Å². The average molecular weight is 582 g/mol. The number of likely N-dealkylation sites (tertiary alicyclic amines) is 1. The van der Waals surface area contributed by atoms with Crippen molar-refractivity contribution < 1.29 is 38.2 Å². The molecule has 1 saturated carbocycles. The van der Waals surface area contributed by atoms with Crippen LogP contribution < -0.4 is 15.4 Å². The topological polar surface area (TPSA) is 147 Å². The summed E-state index contributed by atoms with van der Waals surface area (Å²) in [5, 5.41) is 9.89. The summed E-state index contributed by atoms with van der Waals surface area (Å²) in [5.74, 6) is -7.32. The van der Waals surface area contributed by atoms with Gasteiger partial charge in [-0.25, -0.2) is 14.1 Å². The molecule has 0 bridgehead atoms. The number of hydrogen-bond donors (Lipinski definition) is 2. The quantitative estimate of drug-likeness (QED) is 0.416. The lowest BCUT2D eigenvalue weighted by Gasteiger charge is -2.49. The van der Waals surface area contributed by atoms with Crippen LogP contribution in [-0.4, -0.2) is 46.8 Å². The Kier molecular flexibility index (Phi) is 6.00. The smallest absolute Gasteiger partial charge is 0.328 e. The Bertz CT molecular complexity index is 1610. The molecule has 3 fully saturated rings. The van der Waals surface area contributed by atoms with Gasteiger partial charge in [0.25, 0.3) is 0 Å². The maximum atomic E-state index is 14.3. The Hall–Kier alpha value is -4.25. The number of carbonyl (C=O) groups excluding carboxylic acids is 5. The van der Waals surface area contributed by atoms with Gasteiger partial charge in [0.1, 0.15) is 17.3 Å². The van der Waals surface area contributed by atoms with Crippen LogP contribution in [0.25, 0.3) is 0 Å². The SMILES string of the molecule is COc1cc(O)ccc1[C@H]1C2=CC[C@@H]3C(=O)N(C(N)=O)C(=O)[C@@H]3[C@@H]2C[C@H]2C(=O)N(c3ccc(F)c(Cl)c3)C(=O)[C@@]12C. The number of carbonyl (C=O) groups is 5. The number of hydrogen-bond acceptors (Lipinski definition) is 7. The maximum Gasteiger partial charge on any atom is 0.328 e. The Balaban J connectivity index is 1.55. The number of fused-ring (bicyclic) bond motifs is 4. The monoisotopic (exact) mass is 581 g/mol. The number of rotatable bonds is 3. The van der Waals surface area contributed by atoms with Crippen molar-refractivity contribution in [3.63, 3.8) is 0 Å². The van der Waals surface area contributed by atoms with E-state index < -0.39 is 70.5 Å². The third kappa shape index (κ3) is 3.57. The minimum absolute atomic E-state index is 0.0437. The lowest BCUT2D eigenvalue weighted by atomic mass is 9.51. The fourth-order valence-corrected chi connectivity index (χ4v) is 7.56. The van der Waals surface area contributed by atoms with Gasteiger partial charge in [-0.1, -0.05) is 29.3 Å². The Labute approximate surface area is 238 Å². The van der Waals surface area contributed by atoms with E-state index >= 15 is 0 Å². The van der Waals surface area contributed by atoms with Crippen molar-refractivity contribution in [3.8, 4) is 11.5 Å². The first-order valence-corrected chi connectivity index (χ1v) is 13.4. The van der Waals surface area contributed by atoms with Gasteiger partial charge in [-0.2, -0.15) is 4.90 Å². The number of allylic oxidation sites excluding steroid dienone is 2. The molecule has 2 saturated heterocycles. The Morgan fingerprint density at radius 3 is 2.49 bits per heavy atom. The molecule has 41 heavy (non-hydrogen) atoms. The number of ether oxygens (including phenoxy) is 1. The number of halogens is 2. The lowest BCUT2D eigenvalue weighted by Crippen LogP contribution is -2.49. The van der Waals surface area contributed by atoms with Crippen molar-refractivity contribution in [2.24, 2.45) is 34.8 Å². The van der Waals surface area contributed by atoms with Crippen molar-refractivity contribution in [2.75, 3.05) is 12.0 Å². The fraction of sp³-hybridized carbons (Fsp3) is 0.345. The van der Waals surface area contributed by atoms with Gasteiger partial charge in [-0.3, -0.25) is 19.2 Å². The van der Waals surface area contributed by atoms with E-state index in [1.165, 1.54) is 31.4 Å². The first kappa shape index (κ1) is 26.9. The molecule has 0 unspecified atom stereocenters. The van der Waals surface area contributed by atoms with E-state index in [2.05, 4.69) is 0 Å². The minimum Gasteiger partial charge on any atom is -0.508 e. The number of phenolic OH excluding ortho intramolecular Hbond substituents is 1. The second-order valence-corrected chi connectivity index (χ2v) is 11.4. The van der Waals surface area contributed by atoms with E-state index in [4.69, 9.17) is 22.1 Å². The maximum absolute atomic E-state index is 14.3. The molecule has 12 heteroatoms. The van der Waals surface area contributed by atoms with Gasteiger partial charge in [0, 0.05) is 17.5 Å². The van der Waals surface area contributed by atoms with E-state index in [9.17, 15) is 33.5 Å². The molecule has 2 aromatic carbocycles. The molecular weight excluding hydrogens is 557 g/mol. The molecular formula is C29H25ClFN3O7. The highest BCUT2D eigenvalue weighted by Gasteiger charge is 2.68. The van der Waals surface area contributed by atoms with Crippen LogP contribution in [0.15, 0.2) is 48.0 Å². The van der Waals surface area contributed by atoms with Gasteiger partial charge >= 0.3 is 6.03 Å². The van der Waals surface area contributed by atoms with E-state index in [1.54, 1.807) is 19.1 Å². The summed E-state index contributed by atoms with van der Waals surface area (Å²) in [6.45, 7) is 1.67. The van der Waals surface area contributed by atoms with Crippen molar-refractivity contribution in [1.82, 2.24) is 4.90 Å². The van der Waals surface area contributed by atoms with Gasteiger partial charge in [-0.05, 0) is 49.9 Å². The average Bonchev–Trinajstić information content (AvgIpc) is 3.30. The molecule has 6 amide bonds. The number of anilines is 1. The molecule has 0 radical (unpaired) electrons. The Morgan fingerprint density at radius 1 is 1.10 bits per heavy atom. The molecule has 4 aliphatic rings. The molecule has 0 aromatic heterocycles. The zero-order valence-corrected chi connectivity index (χ0v) is 22.7. The summed E-state index contributed by atoms with van der Waals surface area (Å²) in [7, 11) is 1.40. The molecule has 6 rings (SSSR count). The van der Waals surface area contributed by atoms with Crippen LogP contribution in [0.3, 0.4) is 0 Å². The highest BCUT2D eigenvalue weighted by atomic mass is 35.5. The van der Waals surface area contributed by atoms with Crippen LogP contribution in [-0.2, 0) is 19.2 Å². The molecule has 10 nitrogen and oxygen atoms in total. The highest BCUT2D eigenvalue weighted by molar-refractivity contribution is 6.31. The third-order valence-corrected chi connectivity index (χ3v) is 9.47. The first-order valence-electron chi connectivity index (χ1n) is 13.0. The molecule has 2 aliphatic carbocycles. The summed E-state index contributed by atoms with van der Waals surface area (Å²) in [6, 6.07) is 6.82. The van der Waals surface area contributed by atoms with Crippen LogP contribution in [0.4, 0.5) is 14.9 Å². The van der Waals surface area contributed by atoms with Crippen molar-refractivity contribution in [1.29, 1.82) is 0 Å². The molecule has 2 aliphatic heterocycles. The van der Waals surface area contributed by atoms with E-state index in [0.717, 1.165) is 11.0 Å². The van der Waals surface area contributed by atoms with E-state index in [1.807, 2.05) is 0 Å². The second-order valence-electron chi connectivity index (χ2n) is 11.0. The third-order valence-electron chi connectivity index (χ3n) is 9.18.